The average Bonchev–Trinajstić information content (AvgIpc) is 3.19. The van der Waals surface area contributed by atoms with Crippen LogP contribution in [0.5, 0.6) is 0 Å². The molecular formula is C14H27N3O. The first-order chi connectivity index (χ1) is 8.66. The maximum absolute atomic E-state index is 11.4. The third kappa shape index (κ3) is 4.25. The SMILES string of the molecule is CC(NCCNC(=O)C1CC1)C1CCN(C)CC1. The van der Waals surface area contributed by atoms with Crippen molar-refractivity contribution in [1.29, 1.82) is 0 Å². The van der Waals surface area contributed by atoms with Gasteiger partial charge in [0.05, 0.1) is 0 Å². The van der Waals surface area contributed by atoms with Gasteiger partial charge in [0, 0.05) is 25.0 Å². The predicted molar refractivity (Wildman–Crippen MR) is 73.4 cm³/mol. The largest absolute Gasteiger partial charge is 0.355 e. The highest BCUT2D eigenvalue weighted by atomic mass is 16.2. The van der Waals surface area contributed by atoms with E-state index in [1.54, 1.807) is 0 Å². The molecule has 0 radical (unpaired) electrons. The van der Waals surface area contributed by atoms with Crippen molar-refractivity contribution >= 4 is 5.91 Å². The summed E-state index contributed by atoms with van der Waals surface area (Å²) in [7, 11) is 2.20. The molecule has 2 fully saturated rings. The van der Waals surface area contributed by atoms with Crippen LogP contribution in [0.1, 0.15) is 32.6 Å². The fourth-order valence-corrected chi connectivity index (χ4v) is 2.67. The zero-order valence-corrected chi connectivity index (χ0v) is 11.7. The summed E-state index contributed by atoms with van der Waals surface area (Å²) in [6, 6.07) is 0.566. The Kier molecular flexibility index (Phi) is 5.01. The maximum atomic E-state index is 11.4. The van der Waals surface area contributed by atoms with E-state index in [1.165, 1.54) is 25.9 Å². The summed E-state index contributed by atoms with van der Waals surface area (Å²) < 4.78 is 0. The smallest absolute Gasteiger partial charge is 0.223 e. The average molecular weight is 253 g/mol. The first-order valence-electron chi connectivity index (χ1n) is 7.36. The van der Waals surface area contributed by atoms with E-state index in [2.05, 4.69) is 29.5 Å². The van der Waals surface area contributed by atoms with Gasteiger partial charge in [-0.05, 0) is 58.7 Å². The van der Waals surface area contributed by atoms with E-state index in [0.29, 0.717) is 12.0 Å². The van der Waals surface area contributed by atoms with Gasteiger partial charge in [-0.3, -0.25) is 4.79 Å². The topological polar surface area (TPSA) is 44.4 Å². The number of amides is 1. The van der Waals surface area contributed by atoms with Gasteiger partial charge in [0.15, 0.2) is 0 Å². The van der Waals surface area contributed by atoms with Crippen molar-refractivity contribution in [1.82, 2.24) is 15.5 Å². The van der Waals surface area contributed by atoms with Crippen molar-refractivity contribution in [3.05, 3.63) is 0 Å². The van der Waals surface area contributed by atoms with Crippen LogP contribution in [0, 0.1) is 11.8 Å². The highest BCUT2D eigenvalue weighted by molar-refractivity contribution is 5.80. The second-order valence-electron chi connectivity index (χ2n) is 5.95. The number of hydrogen-bond acceptors (Lipinski definition) is 3. The van der Waals surface area contributed by atoms with Crippen molar-refractivity contribution in [2.24, 2.45) is 11.8 Å². The maximum Gasteiger partial charge on any atom is 0.223 e. The van der Waals surface area contributed by atoms with Crippen molar-refractivity contribution in [2.75, 3.05) is 33.2 Å². The van der Waals surface area contributed by atoms with Crippen LogP contribution in [-0.2, 0) is 4.79 Å². The van der Waals surface area contributed by atoms with Crippen LogP contribution in [0.4, 0.5) is 0 Å². The van der Waals surface area contributed by atoms with Crippen molar-refractivity contribution in [3.63, 3.8) is 0 Å². The Morgan fingerprint density at radius 3 is 2.50 bits per heavy atom. The molecule has 0 spiro atoms. The zero-order valence-electron chi connectivity index (χ0n) is 11.7. The summed E-state index contributed by atoms with van der Waals surface area (Å²) in [5.74, 6) is 1.38. The van der Waals surface area contributed by atoms with Gasteiger partial charge in [-0.25, -0.2) is 0 Å². The number of rotatable bonds is 6. The Bertz CT molecular complexity index is 270. The molecule has 1 aliphatic heterocycles. The molecule has 1 heterocycles. The lowest BCUT2D eigenvalue weighted by molar-refractivity contribution is -0.122. The van der Waals surface area contributed by atoms with Crippen LogP contribution in [-0.4, -0.2) is 50.1 Å². The fourth-order valence-electron chi connectivity index (χ4n) is 2.67. The van der Waals surface area contributed by atoms with Gasteiger partial charge in [0.1, 0.15) is 0 Å². The first-order valence-corrected chi connectivity index (χ1v) is 7.36. The summed E-state index contributed by atoms with van der Waals surface area (Å²) >= 11 is 0. The minimum atomic E-state index is 0.253. The summed E-state index contributed by atoms with van der Waals surface area (Å²) in [6.07, 6.45) is 4.76. The Labute approximate surface area is 110 Å². The molecule has 18 heavy (non-hydrogen) atoms. The standard InChI is InChI=1S/C14H27N3O/c1-11(12-5-9-17(2)10-6-12)15-7-8-16-14(18)13-3-4-13/h11-13,15H,3-10H2,1-2H3,(H,16,18). The lowest BCUT2D eigenvalue weighted by Gasteiger charge is -2.33. The molecule has 0 aromatic rings. The third-order valence-corrected chi connectivity index (χ3v) is 4.31. The van der Waals surface area contributed by atoms with Gasteiger partial charge in [-0.1, -0.05) is 0 Å². The van der Waals surface area contributed by atoms with Gasteiger partial charge >= 0.3 is 0 Å². The van der Waals surface area contributed by atoms with Crippen LogP contribution < -0.4 is 10.6 Å². The van der Waals surface area contributed by atoms with E-state index in [1.807, 2.05) is 0 Å². The van der Waals surface area contributed by atoms with Crippen LogP contribution in [0.15, 0.2) is 0 Å². The van der Waals surface area contributed by atoms with Crippen molar-refractivity contribution in [3.8, 4) is 0 Å². The quantitative estimate of drug-likeness (QED) is 0.689. The van der Waals surface area contributed by atoms with Gasteiger partial charge < -0.3 is 15.5 Å². The minimum absolute atomic E-state index is 0.253. The molecule has 0 aromatic carbocycles. The molecule has 0 aromatic heterocycles. The van der Waals surface area contributed by atoms with E-state index >= 15 is 0 Å². The molecule has 104 valence electrons. The Balaban J connectivity index is 1.53. The minimum Gasteiger partial charge on any atom is -0.355 e. The molecule has 1 saturated carbocycles. The number of likely N-dealkylation sites (tertiary alicyclic amines) is 1. The normalized spacial score (nSPS) is 23.9. The molecule has 4 nitrogen and oxygen atoms in total. The van der Waals surface area contributed by atoms with Gasteiger partial charge in [0.25, 0.3) is 0 Å². The van der Waals surface area contributed by atoms with Gasteiger partial charge in [0.2, 0.25) is 5.91 Å². The predicted octanol–water partition coefficient (Wildman–Crippen LogP) is 0.833. The van der Waals surface area contributed by atoms with E-state index in [4.69, 9.17) is 0 Å². The highest BCUT2D eigenvalue weighted by Gasteiger charge is 2.29. The molecule has 1 saturated heterocycles. The number of nitrogens with zero attached hydrogens (tertiary/aromatic N) is 1. The number of hydrogen-bond donors (Lipinski definition) is 2. The molecule has 0 bridgehead atoms. The van der Waals surface area contributed by atoms with E-state index in [9.17, 15) is 4.79 Å². The van der Waals surface area contributed by atoms with E-state index in [-0.39, 0.29) is 5.91 Å². The number of nitrogens with one attached hydrogen (secondary N) is 2. The number of carbonyl (C=O) groups is 1. The van der Waals surface area contributed by atoms with Crippen LogP contribution >= 0.6 is 0 Å². The second kappa shape index (κ2) is 6.53. The molecule has 1 amide bonds. The third-order valence-electron chi connectivity index (χ3n) is 4.31. The summed E-state index contributed by atoms with van der Waals surface area (Å²) in [5, 5.41) is 6.55. The highest BCUT2D eigenvalue weighted by Crippen LogP contribution is 2.28. The van der Waals surface area contributed by atoms with Gasteiger partial charge in [-0.15, -0.1) is 0 Å². The Hall–Kier alpha value is -0.610. The lowest BCUT2D eigenvalue weighted by Crippen LogP contribution is -2.43. The number of piperidine rings is 1. The Morgan fingerprint density at radius 1 is 1.22 bits per heavy atom. The second-order valence-corrected chi connectivity index (χ2v) is 5.95. The molecule has 1 atom stereocenters. The summed E-state index contributed by atoms with van der Waals surface area (Å²) in [6.45, 7) is 6.38. The number of carbonyl (C=O) groups excluding carboxylic acids is 1. The molecule has 4 heteroatoms. The van der Waals surface area contributed by atoms with Crippen molar-refractivity contribution < 1.29 is 4.79 Å². The summed E-state index contributed by atoms with van der Waals surface area (Å²) in [4.78, 5) is 13.8. The summed E-state index contributed by atoms with van der Waals surface area (Å²) in [5.41, 5.74) is 0. The molecule has 1 unspecified atom stereocenters. The van der Waals surface area contributed by atoms with E-state index < -0.39 is 0 Å². The molecule has 2 aliphatic rings. The zero-order chi connectivity index (χ0) is 13.0. The molecule has 2 rings (SSSR count). The van der Waals surface area contributed by atoms with Crippen LogP contribution in [0.2, 0.25) is 0 Å². The Morgan fingerprint density at radius 2 is 1.89 bits per heavy atom. The van der Waals surface area contributed by atoms with Crippen LogP contribution in [0.3, 0.4) is 0 Å². The monoisotopic (exact) mass is 253 g/mol. The van der Waals surface area contributed by atoms with Crippen molar-refractivity contribution in [2.45, 2.75) is 38.6 Å². The lowest BCUT2D eigenvalue weighted by atomic mass is 9.90. The van der Waals surface area contributed by atoms with Gasteiger partial charge in [-0.2, -0.15) is 0 Å². The van der Waals surface area contributed by atoms with Crippen LogP contribution in [0.25, 0.3) is 0 Å². The molecule has 2 N–H and O–H groups in total. The fraction of sp³-hybridized carbons (Fsp3) is 0.929. The molecular weight excluding hydrogens is 226 g/mol. The molecule has 1 aliphatic carbocycles. The first kappa shape index (κ1) is 13.8. The van der Waals surface area contributed by atoms with E-state index in [0.717, 1.165) is 31.8 Å².